The van der Waals surface area contributed by atoms with Gasteiger partial charge in [0.2, 0.25) is 0 Å². The Morgan fingerprint density at radius 1 is 0.900 bits per heavy atom. The molecule has 0 aromatic heterocycles. The van der Waals surface area contributed by atoms with Gasteiger partial charge in [-0.3, -0.25) is 0 Å². The Hall–Kier alpha value is -0.980. The van der Waals surface area contributed by atoms with Crippen LogP contribution in [0.15, 0.2) is 30.3 Å². The maximum Gasteiger partial charge on any atom is 0.0948 e. The van der Waals surface area contributed by atoms with Crippen LogP contribution in [0.2, 0.25) is 0 Å². The number of hydrogen-bond acceptors (Lipinski definition) is 5. The topological polar surface area (TPSA) is 62.9 Å². The summed E-state index contributed by atoms with van der Waals surface area (Å²) in [6.07, 6.45) is -0.0715. The fraction of sp³-hybridized carbons (Fsp3) is 0.600. The lowest BCUT2D eigenvalue weighted by atomic mass is 10.1. The molecular weight excluding hydrogens is 258 g/mol. The third kappa shape index (κ3) is 7.57. The minimum absolute atomic E-state index is 0.0715. The molecule has 5 heteroatoms. The standard InChI is InChI=1S/C15H25NO4/c1-17-7-8-18-9-10-19-11-12-20-15(13-16)14-5-3-2-4-6-14/h2-6,15H,7-13,16H2,1H3. The van der Waals surface area contributed by atoms with Gasteiger partial charge in [0.25, 0.3) is 0 Å². The Labute approximate surface area is 121 Å². The first-order chi connectivity index (χ1) is 9.88. The number of ether oxygens (including phenoxy) is 4. The number of rotatable bonds is 12. The van der Waals surface area contributed by atoms with Crippen molar-refractivity contribution < 1.29 is 18.9 Å². The summed E-state index contributed by atoms with van der Waals surface area (Å²) in [5.74, 6) is 0. The van der Waals surface area contributed by atoms with E-state index in [0.717, 1.165) is 5.56 Å². The number of hydrogen-bond donors (Lipinski definition) is 1. The van der Waals surface area contributed by atoms with E-state index in [2.05, 4.69) is 0 Å². The van der Waals surface area contributed by atoms with E-state index in [1.807, 2.05) is 30.3 Å². The van der Waals surface area contributed by atoms with E-state index in [9.17, 15) is 0 Å². The van der Waals surface area contributed by atoms with Crippen LogP contribution in [0.1, 0.15) is 11.7 Å². The number of methoxy groups -OCH3 is 1. The largest absolute Gasteiger partial charge is 0.382 e. The van der Waals surface area contributed by atoms with Gasteiger partial charge in [-0.1, -0.05) is 30.3 Å². The summed E-state index contributed by atoms with van der Waals surface area (Å²) in [7, 11) is 1.65. The molecule has 0 saturated carbocycles. The van der Waals surface area contributed by atoms with Gasteiger partial charge in [-0.05, 0) is 5.56 Å². The van der Waals surface area contributed by atoms with Crippen LogP contribution >= 0.6 is 0 Å². The first-order valence-electron chi connectivity index (χ1n) is 6.89. The molecule has 0 spiro atoms. The maximum atomic E-state index is 5.72. The van der Waals surface area contributed by atoms with E-state index in [1.165, 1.54) is 0 Å². The molecule has 0 heterocycles. The lowest BCUT2D eigenvalue weighted by Crippen LogP contribution is -2.18. The van der Waals surface area contributed by atoms with Crippen molar-refractivity contribution in [2.45, 2.75) is 6.10 Å². The Kier molecular flexibility index (Phi) is 10.1. The monoisotopic (exact) mass is 283 g/mol. The van der Waals surface area contributed by atoms with Gasteiger partial charge in [0.15, 0.2) is 0 Å². The van der Waals surface area contributed by atoms with E-state index in [4.69, 9.17) is 24.7 Å². The smallest absolute Gasteiger partial charge is 0.0948 e. The molecule has 2 N–H and O–H groups in total. The van der Waals surface area contributed by atoms with Gasteiger partial charge in [-0.15, -0.1) is 0 Å². The van der Waals surface area contributed by atoms with Crippen LogP contribution < -0.4 is 5.73 Å². The van der Waals surface area contributed by atoms with E-state index in [1.54, 1.807) is 7.11 Å². The molecule has 1 aromatic carbocycles. The zero-order chi connectivity index (χ0) is 14.5. The Bertz CT molecular complexity index is 321. The molecule has 0 bridgehead atoms. The summed E-state index contributed by atoms with van der Waals surface area (Å²) < 4.78 is 21.3. The van der Waals surface area contributed by atoms with Gasteiger partial charge in [-0.2, -0.15) is 0 Å². The second-order valence-electron chi connectivity index (χ2n) is 4.22. The third-order valence-corrected chi connectivity index (χ3v) is 2.74. The molecule has 0 radical (unpaired) electrons. The lowest BCUT2D eigenvalue weighted by molar-refractivity contribution is -0.0147. The highest BCUT2D eigenvalue weighted by Gasteiger charge is 2.08. The van der Waals surface area contributed by atoms with Crippen LogP contribution in [0, 0.1) is 0 Å². The van der Waals surface area contributed by atoms with Crippen molar-refractivity contribution in [3.8, 4) is 0 Å². The molecule has 1 atom stereocenters. The van der Waals surface area contributed by atoms with Gasteiger partial charge < -0.3 is 24.7 Å². The van der Waals surface area contributed by atoms with Crippen molar-refractivity contribution in [1.29, 1.82) is 0 Å². The number of benzene rings is 1. The van der Waals surface area contributed by atoms with Crippen LogP contribution in [-0.4, -0.2) is 53.3 Å². The molecule has 0 aliphatic carbocycles. The summed E-state index contributed by atoms with van der Waals surface area (Å²) in [5.41, 5.74) is 6.81. The molecule has 1 rings (SSSR count). The predicted octanol–water partition coefficient (Wildman–Crippen LogP) is 1.38. The molecule has 0 saturated heterocycles. The average Bonchev–Trinajstić information content (AvgIpc) is 2.50. The van der Waals surface area contributed by atoms with Gasteiger partial charge in [-0.25, -0.2) is 0 Å². The zero-order valence-corrected chi connectivity index (χ0v) is 12.1. The van der Waals surface area contributed by atoms with Crippen LogP contribution in [0.4, 0.5) is 0 Å². The molecule has 0 aliphatic heterocycles. The quantitative estimate of drug-likeness (QED) is 0.587. The molecule has 5 nitrogen and oxygen atoms in total. The van der Waals surface area contributed by atoms with Crippen molar-refractivity contribution in [2.75, 3.05) is 53.3 Å². The summed E-state index contributed by atoms with van der Waals surface area (Å²) in [4.78, 5) is 0. The highest BCUT2D eigenvalue weighted by atomic mass is 16.6. The zero-order valence-electron chi connectivity index (χ0n) is 12.1. The van der Waals surface area contributed by atoms with E-state index < -0.39 is 0 Å². The van der Waals surface area contributed by atoms with Crippen LogP contribution in [0.5, 0.6) is 0 Å². The summed E-state index contributed by atoms with van der Waals surface area (Å²) in [6.45, 7) is 3.86. The third-order valence-electron chi connectivity index (χ3n) is 2.74. The molecule has 20 heavy (non-hydrogen) atoms. The molecule has 0 fully saturated rings. The van der Waals surface area contributed by atoms with E-state index in [-0.39, 0.29) is 6.10 Å². The highest BCUT2D eigenvalue weighted by Crippen LogP contribution is 2.14. The summed E-state index contributed by atoms with van der Waals surface area (Å²) in [5, 5.41) is 0. The fourth-order valence-corrected chi connectivity index (χ4v) is 1.68. The maximum absolute atomic E-state index is 5.72. The van der Waals surface area contributed by atoms with E-state index in [0.29, 0.717) is 46.2 Å². The van der Waals surface area contributed by atoms with Crippen LogP contribution in [0.3, 0.4) is 0 Å². The molecular formula is C15H25NO4. The average molecular weight is 283 g/mol. The number of nitrogens with two attached hydrogens (primary N) is 1. The van der Waals surface area contributed by atoms with Crippen molar-refractivity contribution in [3.05, 3.63) is 35.9 Å². The SMILES string of the molecule is COCCOCCOCCOC(CN)c1ccccc1. The Balaban J connectivity index is 2.02. The second-order valence-corrected chi connectivity index (χ2v) is 4.22. The molecule has 0 amide bonds. The van der Waals surface area contributed by atoms with Gasteiger partial charge in [0.05, 0.1) is 45.7 Å². The van der Waals surface area contributed by atoms with Crippen LogP contribution in [0.25, 0.3) is 0 Å². The van der Waals surface area contributed by atoms with Gasteiger partial charge in [0, 0.05) is 13.7 Å². The lowest BCUT2D eigenvalue weighted by Gasteiger charge is -2.16. The Morgan fingerprint density at radius 2 is 1.50 bits per heavy atom. The van der Waals surface area contributed by atoms with Gasteiger partial charge in [0.1, 0.15) is 0 Å². The molecule has 0 aliphatic rings. The first kappa shape index (κ1) is 17.1. The molecule has 114 valence electrons. The Morgan fingerprint density at radius 3 is 2.10 bits per heavy atom. The van der Waals surface area contributed by atoms with Crippen molar-refractivity contribution in [1.82, 2.24) is 0 Å². The molecule has 1 aromatic rings. The van der Waals surface area contributed by atoms with Crippen molar-refractivity contribution in [3.63, 3.8) is 0 Å². The molecule has 1 unspecified atom stereocenters. The summed E-state index contributed by atoms with van der Waals surface area (Å²) >= 11 is 0. The highest BCUT2D eigenvalue weighted by molar-refractivity contribution is 5.17. The normalized spacial score (nSPS) is 12.5. The second kappa shape index (κ2) is 11.8. The minimum atomic E-state index is -0.0715. The van der Waals surface area contributed by atoms with Crippen molar-refractivity contribution in [2.24, 2.45) is 5.73 Å². The fourth-order valence-electron chi connectivity index (χ4n) is 1.68. The van der Waals surface area contributed by atoms with Crippen molar-refractivity contribution >= 4 is 0 Å². The summed E-state index contributed by atoms with van der Waals surface area (Å²) in [6, 6.07) is 9.97. The van der Waals surface area contributed by atoms with Crippen LogP contribution in [-0.2, 0) is 18.9 Å². The predicted molar refractivity (Wildman–Crippen MR) is 77.7 cm³/mol. The van der Waals surface area contributed by atoms with E-state index >= 15 is 0 Å². The minimum Gasteiger partial charge on any atom is -0.382 e. The van der Waals surface area contributed by atoms with Gasteiger partial charge >= 0.3 is 0 Å². The first-order valence-corrected chi connectivity index (χ1v) is 6.89.